The smallest absolute Gasteiger partial charge is 0.371 e. The lowest BCUT2D eigenvalue weighted by molar-refractivity contribution is -0.121. The van der Waals surface area contributed by atoms with Crippen LogP contribution in [0.25, 0.3) is 0 Å². The van der Waals surface area contributed by atoms with Crippen LogP contribution in [0, 0.1) is 12.8 Å². The van der Waals surface area contributed by atoms with E-state index < -0.39 is 33.6 Å². The van der Waals surface area contributed by atoms with Gasteiger partial charge in [0.15, 0.2) is 0 Å². The summed E-state index contributed by atoms with van der Waals surface area (Å²) in [5, 5.41) is 8.81. The first kappa shape index (κ1) is 14.5. The molecule has 0 bridgehead atoms. The summed E-state index contributed by atoms with van der Waals surface area (Å²) in [7, 11) is -3.88. The molecule has 0 radical (unpaired) electrons. The third kappa shape index (κ3) is 2.41. The second-order valence-electron chi connectivity index (χ2n) is 4.59. The van der Waals surface area contributed by atoms with Crippen LogP contribution < -0.4 is 5.73 Å². The molecule has 1 aromatic heterocycles. The van der Waals surface area contributed by atoms with Gasteiger partial charge in [0.2, 0.25) is 21.7 Å². The summed E-state index contributed by atoms with van der Waals surface area (Å²) in [5.74, 6) is -2.84. The van der Waals surface area contributed by atoms with Crippen molar-refractivity contribution in [1.82, 2.24) is 4.31 Å². The van der Waals surface area contributed by atoms with Gasteiger partial charge in [-0.2, -0.15) is 4.31 Å². The molecule has 1 aliphatic rings. The highest BCUT2D eigenvalue weighted by atomic mass is 32.2. The van der Waals surface area contributed by atoms with E-state index in [1.807, 2.05) is 0 Å². The van der Waals surface area contributed by atoms with Crippen molar-refractivity contribution in [3.05, 3.63) is 17.6 Å². The summed E-state index contributed by atoms with van der Waals surface area (Å²) in [6, 6.07) is 0.977. The zero-order chi connectivity index (χ0) is 15.1. The van der Waals surface area contributed by atoms with E-state index in [-0.39, 0.29) is 23.7 Å². The number of furan rings is 1. The number of hydrogen-bond donors (Lipinski definition) is 2. The molecule has 0 aromatic carbocycles. The molecule has 1 amide bonds. The highest BCUT2D eigenvalue weighted by Crippen LogP contribution is 2.28. The van der Waals surface area contributed by atoms with Crippen molar-refractivity contribution >= 4 is 21.9 Å². The number of hydrogen-bond acceptors (Lipinski definition) is 5. The minimum Gasteiger partial charge on any atom is -0.475 e. The van der Waals surface area contributed by atoms with E-state index in [1.165, 1.54) is 6.92 Å². The Kier molecular flexibility index (Phi) is 3.57. The number of amides is 1. The quantitative estimate of drug-likeness (QED) is 0.790. The molecule has 3 N–H and O–H groups in total. The molecular weight excluding hydrogens is 288 g/mol. The van der Waals surface area contributed by atoms with Gasteiger partial charge in [0, 0.05) is 19.2 Å². The average molecular weight is 302 g/mol. The van der Waals surface area contributed by atoms with Gasteiger partial charge in [-0.25, -0.2) is 13.2 Å². The second-order valence-corrected chi connectivity index (χ2v) is 6.49. The monoisotopic (exact) mass is 302 g/mol. The van der Waals surface area contributed by atoms with E-state index in [0.717, 1.165) is 10.4 Å². The summed E-state index contributed by atoms with van der Waals surface area (Å²) >= 11 is 0. The first-order valence-electron chi connectivity index (χ1n) is 5.86. The molecular formula is C11H14N2O6S. The number of nitrogens with two attached hydrogens (primary N) is 1. The second kappa shape index (κ2) is 4.91. The van der Waals surface area contributed by atoms with Crippen molar-refractivity contribution in [2.75, 3.05) is 13.1 Å². The van der Waals surface area contributed by atoms with Crippen LogP contribution in [0.5, 0.6) is 0 Å². The maximum absolute atomic E-state index is 12.4. The number of nitrogens with zero attached hydrogens (tertiary/aromatic N) is 1. The SMILES string of the molecule is Cc1oc(C(=O)O)cc1S(=O)(=O)N1CCC(C(N)=O)C1. The van der Waals surface area contributed by atoms with Crippen molar-refractivity contribution in [3.8, 4) is 0 Å². The predicted octanol–water partition coefficient (Wildman–Crippen LogP) is -0.218. The van der Waals surface area contributed by atoms with Gasteiger partial charge in [-0.3, -0.25) is 4.79 Å². The van der Waals surface area contributed by atoms with E-state index in [4.69, 9.17) is 15.3 Å². The summed E-state index contributed by atoms with van der Waals surface area (Å²) in [4.78, 5) is 21.7. The highest BCUT2D eigenvalue weighted by Gasteiger charge is 2.37. The van der Waals surface area contributed by atoms with Crippen LogP contribution in [0.15, 0.2) is 15.4 Å². The lowest BCUT2D eigenvalue weighted by atomic mass is 10.1. The molecule has 2 rings (SSSR count). The van der Waals surface area contributed by atoms with Crippen LogP contribution in [-0.4, -0.2) is 42.8 Å². The largest absolute Gasteiger partial charge is 0.475 e. The van der Waals surface area contributed by atoms with Crippen LogP contribution >= 0.6 is 0 Å². The van der Waals surface area contributed by atoms with E-state index in [9.17, 15) is 18.0 Å². The predicted molar refractivity (Wildman–Crippen MR) is 66.5 cm³/mol. The number of primary amides is 1. The zero-order valence-electron chi connectivity index (χ0n) is 10.7. The van der Waals surface area contributed by atoms with Gasteiger partial charge >= 0.3 is 5.97 Å². The summed E-state index contributed by atoms with van der Waals surface area (Å²) in [5.41, 5.74) is 5.16. The van der Waals surface area contributed by atoms with Gasteiger partial charge in [-0.1, -0.05) is 0 Å². The van der Waals surface area contributed by atoms with Crippen LogP contribution in [-0.2, 0) is 14.8 Å². The number of aryl methyl sites for hydroxylation is 1. The number of sulfonamides is 1. The Morgan fingerprint density at radius 2 is 2.15 bits per heavy atom. The Hall–Kier alpha value is -1.87. The molecule has 1 atom stereocenters. The number of carbonyl (C=O) groups excluding carboxylic acids is 1. The van der Waals surface area contributed by atoms with E-state index in [0.29, 0.717) is 6.42 Å². The molecule has 8 nitrogen and oxygen atoms in total. The van der Waals surface area contributed by atoms with Gasteiger partial charge in [0.05, 0.1) is 5.92 Å². The van der Waals surface area contributed by atoms with Crippen LogP contribution in [0.4, 0.5) is 0 Å². The molecule has 9 heteroatoms. The zero-order valence-corrected chi connectivity index (χ0v) is 11.5. The van der Waals surface area contributed by atoms with Crippen molar-refractivity contribution < 1.29 is 27.5 Å². The van der Waals surface area contributed by atoms with Crippen molar-refractivity contribution in [2.24, 2.45) is 11.7 Å². The van der Waals surface area contributed by atoms with Crippen molar-refractivity contribution in [1.29, 1.82) is 0 Å². The molecule has 0 saturated carbocycles. The first-order chi connectivity index (χ1) is 9.23. The van der Waals surface area contributed by atoms with Gasteiger partial charge in [0.25, 0.3) is 0 Å². The van der Waals surface area contributed by atoms with E-state index >= 15 is 0 Å². The number of carbonyl (C=O) groups is 2. The average Bonchev–Trinajstić information content (AvgIpc) is 2.94. The molecule has 0 spiro atoms. The van der Waals surface area contributed by atoms with Gasteiger partial charge < -0.3 is 15.3 Å². The number of aromatic carboxylic acids is 1. The topological polar surface area (TPSA) is 131 Å². The maximum Gasteiger partial charge on any atom is 0.371 e. The molecule has 1 fully saturated rings. The molecule has 110 valence electrons. The van der Waals surface area contributed by atoms with Crippen molar-refractivity contribution in [3.63, 3.8) is 0 Å². The lowest BCUT2D eigenvalue weighted by Crippen LogP contribution is -2.31. The molecule has 20 heavy (non-hydrogen) atoms. The third-order valence-corrected chi connectivity index (χ3v) is 5.23. The first-order valence-corrected chi connectivity index (χ1v) is 7.30. The van der Waals surface area contributed by atoms with E-state index in [2.05, 4.69) is 0 Å². The fourth-order valence-corrected chi connectivity index (χ4v) is 3.81. The highest BCUT2D eigenvalue weighted by molar-refractivity contribution is 7.89. The Labute approximate surface area is 115 Å². The Balaban J connectivity index is 2.32. The van der Waals surface area contributed by atoms with Gasteiger partial charge in [-0.15, -0.1) is 0 Å². The van der Waals surface area contributed by atoms with Gasteiger partial charge in [-0.05, 0) is 13.3 Å². The lowest BCUT2D eigenvalue weighted by Gasteiger charge is -2.15. The summed E-state index contributed by atoms with van der Waals surface area (Å²) < 4.78 is 30.8. The summed E-state index contributed by atoms with van der Waals surface area (Å²) in [6.07, 6.45) is 0.358. The molecule has 0 aliphatic carbocycles. The molecule has 1 unspecified atom stereocenters. The molecule has 1 aliphatic heterocycles. The minimum atomic E-state index is -3.88. The fraction of sp³-hybridized carbons (Fsp3) is 0.455. The molecule has 1 saturated heterocycles. The standard InChI is InChI=1S/C11H14N2O6S/c1-6-9(4-8(19-6)11(15)16)20(17,18)13-3-2-7(5-13)10(12)14/h4,7H,2-3,5H2,1H3,(H2,12,14)(H,15,16). The number of carboxylic acids is 1. The van der Waals surface area contributed by atoms with E-state index in [1.54, 1.807) is 0 Å². The Morgan fingerprint density at radius 1 is 1.50 bits per heavy atom. The normalized spacial score (nSPS) is 20.1. The van der Waals surface area contributed by atoms with Gasteiger partial charge in [0.1, 0.15) is 10.7 Å². The van der Waals surface area contributed by atoms with Crippen molar-refractivity contribution in [2.45, 2.75) is 18.2 Å². The van der Waals surface area contributed by atoms with Crippen LogP contribution in [0.3, 0.4) is 0 Å². The third-order valence-electron chi connectivity index (χ3n) is 3.25. The van der Waals surface area contributed by atoms with Crippen LogP contribution in [0.1, 0.15) is 22.7 Å². The minimum absolute atomic E-state index is 0.00456. The maximum atomic E-state index is 12.4. The molecule has 1 aromatic rings. The Morgan fingerprint density at radius 3 is 2.60 bits per heavy atom. The fourth-order valence-electron chi connectivity index (χ4n) is 2.14. The number of carboxylic acid groups (broad SMARTS) is 1. The Bertz CT molecular complexity index is 662. The molecule has 2 heterocycles. The van der Waals surface area contributed by atoms with Crippen LogP contribution in [0.2, 0.25) is 0 Å². The number of rotatable bonds is 4. The summed E-state index contributed by atoms with van der Waals surface area (Å²) in [6.45, 7) is 1.55.